The van der Waals surface area contributed by atoms with Crippen LogP contribution in [0.3, 0.4) is 0 Å². The molecule has 1 fully saturated rings. The van der Waals surface area contributed by atoms with Gasteiger partial charge in [0.05, 0.1) is 0 Å². The summed E-state index contributed by atoms with van der Waals surface area (Å²) in [5.74, 6) is 0.816. The zero-order chi connectivity index (χ0) is 12.8. The summed E-state index contributed by atoms with van der Waals surface area (Å²) in [6, 6.07) is 0.366. The van der Waals surface area contributed by atoms with E-state index in [-0.39, 0.29) is 24.5 Å². The lowest BCUT2D eigenvalue weighted by Crippen LogP contribution is -2.51. The fraction of sp³-hybridized carbons (Fsp3) is 0.929. The van der Waals surface area contributed by atoms with Gasteiger partial charge in [-0.25, -0.2) is 0 Å². The van der Waals surface area contributed by atoms with E-state index in [9.17, 15) is 4.79 Å². The fourth-order valence-electron chi connectivity index (χ4n) is 2.82. The van der Waals surface area contributed by atoms with E-state index < -0.39 is 0 Å². The van der Waals surface area contributed by atoms with Crippen molar-refractivity contribution in [3.63, 3.8) is 0 Å². The van der Waals surface area contributed by atoms with Gasteiger partial charge >= 0.3 is 0 Å². The van der Waals surface area contributed by atoms with Crippen molar-refractivity contribution in [1.29, 1.82) is 0 Å². The molecule has 18 heavy (non-hydrogen) atoms. The minimum absolute atomic E-state index is 0. The molecule has 1 aliphatic rings. The van der Waals surface area contributed by atoms with Crippen LogP contribution in [0.15, 0.2) is 0 Å². The number of piperidine rings is 1. The Morgan fingerprint density at radius 3 is 2.61 bits per heavy atom. The van der Waals surface area contributed by atoms with E-state index in [0.717, 1.165) is 32.2 Å². The van der Waals surface area contributed by atoms with Gasteiger partial charge < -0.3 is 10.6 Å². The van der Waals surface area contributed by atoms with Crippen molar-refractivity contribution in [2.24, 2.45) is 11.7 Å². The maximum absolute atomic E-state index is 12.3. The Balaban J connectivity index is 0.00000289. The average Bonchev–Trinajstić information content (AvgIpc) is 2.29. The van der Waals surface area contributed by atoms with Crippen LogP contribution in [0.4, 0.5) is 0 Å². The van der Waals surface area contributed by atoms with Gasteiger partial charge in [-0.2, -0.15) is 0 Å². The molecule has 1 heterocycles. The number of nitrogens with two attached hydrogens (primary N) is 1. The first-order valence-corrected chi connectivity index (χ1v) is 7.11. The Hall–Kier alpha value is -0.280. The summed E-state index contributed by atoms with van der Waals surface area (Å²) in [5, 5.41) is 0. The van der Waals surface area contributed by atoms with Crippen LogP contribution < -0.4 is 5.73 Å². The van der Waals surface area contributed by atoms with Crippen LogP contribution in [0.25, 0.3) is 0 Å². The van der Waals surface area contributed by atoms with E-state index in [1.807, 2.05) is 11.8 Å². The van der Waals surface area contributed by atoms with E-state index in [4.69, 9.17) is 5.73 Å². The van der Waals surface area contributed by atoms with Crippen LogP contribution in [-0.4, -0.2) is 29.4 Å². The number of amides is 1. The second-order valence-electron chi connectivity index (χ2n) is 5.61. The minimum Gasteiger partial charge on any atom is -0.338 e. The molecule has 3 atom stereocenters. The number of hydrogen-bond donors (Lipinski definition) is 1. The molecule has 0 radical (unpaired) electrons. The number of likely N-dealkylation sites (tertiary alicyclic amines) is 1. The standard InChI is InChI=1S/C14H28N2O.ClH/c1-4-7-11(2)10-14(17)16-9-6-5-8-13(16)12(3)15;/h11-13H,4-10,15H2,1-3H3;1H. The van der Waals surface area contributed by atoms with E-state index in [1.165, 1.54) is 6.42 Å². The molecule has 0 spiro atoms. The quantitative estimate of drug-likeness (QED) is 0.839. The summed E-state index contributed by atoms with van der Waals surface area (Å²) >= 11 is 0. The van der Waals surface area contributed by atoms with Gasteiger partial charge in [0, 0.05) is 25.0 Å². The molecular weight excluding hydrogens is 248 g/mol. The van der Waals surface area contributed by atoms with Crippen molar-refractivity contribution in [1.82, 2.24) is 4.90 Å². The summed E-state index contributed by atoms with van der Waals surface area (Å²) in [5.41, 5.74) is 5.99. The van der Waals surface area contributed by atoms with Crippen molar-refractivity contribution >= 4 is 18.3 Å². The molecule has 3 unspecified atom stereocenters. The van der Waals surface area contributed by atoms with Crippen molar-refractivity contribution < 1.29 is 4.79 Å². The van der Waals surface area contributed by atoms with Crippen molar-refractivity contribution in [2.45, 2.75) is 71.4 Å². The highest BCUT2D eigenvalue weighted by Crippen LogP contribution is 2.22. The van der Waals surface area contributed by atoms with Gasteiger partial charge in [0.2, 0.25) is 5.91 Å². The second kappa shape index (κ2) is 8.76. The van der Waals surface area contributed by atoms with Crippen LogP contribution in [0.2, 0.25) is 0 Å². The monoisotopic (exact) mass is 276 g/mol. The van der Waals surface area contributed by atoms with Crippen molar-refractivity contribution in [3.8, 4) is 0 Å². The first kappa shape index (κ1) is 17.7. The molecule has 0 aromatic heterocycles. The Morgan fingerprint density at radius 1 is 1.39 bits per heavy atom. The first-order chi connectivity index (χ1) is 8.06. The highest BCUT2D eigenvalue weighted by Gasteiger charge is 2.29. The molecule has 2 N–H and O–H groups in total. The normalized spacial score (nSPS) is 23.1. The predicted molar refractivity (Wildman–Crippen MR) is 78.9 cm³/mol. The molecule has 0 saturated carbocycles. The lowest BCUT2D eigenvalue weighted by atomic mass is 9.94. The number of rotatable bonds is 5. The Morgan fingerprint density at radius 2 is 2.06 bits per heavy atom. The lowest BCUT2D eigenvalue weighted by Gasteiger charge is -2.38. The van der Waals surface area contributed by atoms with E-state index in [2.05, 4.69) is 13.8 Å². The molecule has 1 saturated heterocycles. The SMILES string of the molecule is CCCC(C)CC(=O)N1CCCCC1C(C)N.Cl. The minimum atomic E-state index is 0. The van der Waals surface area contributed by atoms with Crippen molar-refractivity contribution in [3.05, 3.63) is 0 Å². The Kier molecular flexibility index (Phi) is 8.62. The van der Waals surface area contributed by atoms with Gasteiger partial charge in [0.15, 0.2) is 0 Å². The molecule has 108 valence electrons. The average molecular weight is 277 g/mol. The van der Waals surface area contributed by atoms with E-state index in [1.54, 1.807) is 0 Å². The van der Waals surface area contributed by atoms with Gasteiger partial charge in [-0.15, -0.1) is 12.4 Å². The summed E-state index contributed by atoms with van der Waals surface area (Å²) in [6.45, 7) is 7.27. The van der Waals surface area contributed by atoms with E-state index in [0.29, 0.717) is 18.2 Å². The smallest absolute Gasteiger partial charge is 0.223 e. The van der Waals surface area contributed by atoms with Crippen LogP contribution in [0.5, 0.6) is 0 Å². The summed E-state index contributed by atoms with van der Waals surface area (Å²) in [7, 11) is 0. The molecule has 0 aromatic carbocycles. The maximum Gasteiger partial charge on any atom is 0.223 e. The Labute approximate surface area is 118 Å². The lowest BCUT2D eigenvalue weighted by molar-refractivity contribution is -0.136. The van der Waals surface area contributed by atoms with Crippen LogP contribution in [0.1, 0.15) is 59.3 Å². The number of nitrogens with zero attached hydrogens (tertiary/aromatic N) is 1. The third kappa shape index (κ3) is 5.15. The van der Waals surface area contributed by atoms with E-state index >= 15 is 0 Å². The highest BCUT2D eigenvalue weighted by molar-refractivity contribution is 5.85. The molecule has 1 amide bonds. The van der Waals surface area contributed by atoms with Gasteiger partial charge in [-0.1, -0.05) is 26.7 Å². The molecular formula is C14H29ClN2O. The molecule has 0 aromatic rings. The first-order valence-electron chi connectivity index (χ1n) is 7.11. The summed E-state index contributed by atoms with van der Waals surface area (Å²) in [4.78, 5) is 14.3. The number of carbonyl (C=O) groups excluding carboxylic acids is 1. The zero-order valence-electron chi connectivity index (χ0n) is 12.0. The van der Waals surface area contributed by atoms with Gasteiger partial charge in [0.25, 0.3) is 0 Å². The largest absolute Gasteiger partial charge is 0.338 e. The molecule has 0 aliphatic carbocycles. The topological polar surface area (TPSA) is 46.3 Å². The Bertz CT molecular complexity index is 246. The van der Waals surface area contributed by atoms with Gasteiger partial charge in [0.1, 0.15) is 0 Å². The molecule has 4 heteroatoms. The molecule has 1 aliphatic heterocycles. The van der Waals surface area contributed by atoms with Crippen LogP contribution >= 0.6 is 12.4 Å². The maximum atomic E-state index is 12.3. The zero-order valence-corrected chi connectivity index (χ0v) is 12.8. The van der Waals surface area contributed by atoms with Crippen LogP contribution in [0, 0.1) is 5.92 Å². The summed E-state index contributed by atoms with van der Waals surface area (Å²) < 4.78 is 0. The third-order valence-corrected chi connectivity index (χ3v) is 3.78. The van der Waals surface area contributed by atoms with Gasteiger partial charge in [-0.05, 0) is 32.1 Å². The number of halogens is 1. The van der Waals surface area contributed by atoms with Crippen molar-refractivity contribution in [2.75, 3.05) is 6.54 Å². The third-order valence-electron chi connectivity index (χ3n) is 3.78. The number of hydrogen-bond acceptors (Lipinski definition) is 2. The number of carbonyl (C=O) groups is 1. The molecule has 1 rings (SSSR count). The second-order valence-corrected chi connectivity index (χ2v) is 5.61. The highest BCUT2D eigenvalue weighted by atomic mass is 35.5. The predicted octanol–water partition coefficient (Wildman–Crippen LogP) is 2.96. The van der Waals surface area contributed by atoms with Gasteiger partial charge in [-0.3, -0.25) is 4.79 Å². The molecule has 0 bridgehead atoms. The fourth-order valence-corrected chi connectivity index (χ4v) is 2.82. The van der Waals surface area contributed by atoms with Crippen LogP contribution in [-0.2, 0) is 4.79 Å². The molecule has 3 nitrogen and oxygen atoms in total. The summed E-state index contributed by atoms with van der Waals surface area (Å²) in [6.07, 6.45) is 6.41.